The van der Waals surface area contributed by atoms with Crippen LogP contribution in [0.1, 0.15) is 60.3 Å². The van der Waals surface area contributed by atoms with Crippen LogP contribution in [0.25, 0.3) is 0 Å². The first-order valence-corrected chi connectivity index (χ1v) is 10.3. The molecule has 2 unspecified atom stereocenters. The molecule has 0 aliphatic heterocycles. The summed E-state index contributed by atoms with van der Waals surface area (Å²) in [7, 11) is 1.22. The summed E-state index contributed by atoms with van der Waals surface area (Å²) in [4.78, 5) is 0. The maximum atomic E-state index is 2.53. The molecule has 0 radical (unpaired) electrons. The lowest BCUT2D eigenvalue weighted by molar-refractivity contribution is 0.356. The molecule has 0 aromatic carbocycles. The van der Waals surface area contributed by atoms with Gasteiger partial charge in [0.2, 0.25) is 0 Å². The molecule has 1 rings (SSSR count). The van der Waals surface area contributed by atoms with E-state index in [1.807, 2.05) is 0 Å². The SMILES string of the molecule is CCCCPC[C@@H]1C(CC)C[C@H](SC(C)C)[C@H]1C. The van der Waals surface area contributed by atoms with E-state index in [-0.39, 0.29) is 0 Å². The third kappa shape index (κ3) is 5.04. The van der Waals surface area contributed by atoms with Gasteiger partial charge in [-0.2, -0.15) is 11.8 Å². The third-order valence-corrected chi connectivity index (χ3v) is 7.44. The fourth-order valence-electron chi connectivity index (χ4n) is 3.31. The second-order valence-electron chi connectivity index (χ2n) is 6.21. The van der Waals surface area contributed by atoms with Crippen LogP contribution in [0.15, 0.2) is 0 Å². The lowest BCUT2D eigenvalue weighted by Crippen LogP contribution is -2.18. The Bertz CT molecular complexity index is 217. The molecule has 1 fully saturated rings. The van der Waals surface area contributed by atoms with E-state index in [9.17, 15) is 0 Å². The summed E-state index contributed by atoms with van der Waals surface area (Å²) in [6.07, 6.45) is 8.72. The Morgan fingerprint density at radius 2 is 2.00 bits per heavy atom. The monoisotopic (exact) mass is 288 g/mol. The van der Waals surface area contributed by atoms with Crippen molar-refractivity contribution in [1.29, 1.82) is 0 Å². The molecule has 5 atom stereocenters. The van der Waals surface area contributed by atoms with Crippen LogP contribution in [0, 0.1) is 17.8 Å². The van der Waals surface area contributed by atoms with Gasteiger partial charge >= 0.3 is 0 Å². The molecule has 1 aliphatic carbocycles. The Balaban J connectivity index is 2.43. The van der Waals surface area contributed by atoms with Crippen LogP contribution in [-0.2, 0) is 0 Å². The molecular formula is C16H33PS. The number of hydrogen-bond acceptors (Lipinski definition) is 1. The van der Waals surface area contributed by atoms with Gasteiger partial charge in [-0.1, -0.05) is 47.5 Å². The second kappa shape index (κ2) is 8.85. The molecule has 0 N–H and O–H groups in total. The Kier molecular flexibility index (Phi) is 8.28. The summed E-state index contributed by atoms with van der Waals surface area (Å²) in [6, 6.07) is 0. The van der Waals surface area contributed by atoms with Crippen molar-refractivity contribution in [3.05, 3.63) is 0 Å². The molecule has 0 nitrogen and oxygen atoms in total. The highest BCUT2D eigenvalue weighted by atomic mass is 32.2. The van der Waals surface area contributed by atoms with Gasteiger partial charge in [0, 0.05) is 5.25 Å². The minimum atomic E-state index is 0.802. The van der Waals surface area contributed by atoms with Crippen molar-refractivity contribution in [1.82, 2.24) is 0 Å². The summed E-state index contributed by atoms with van der Waals surface area (Å²) in [5, 5.41) is 1.74. The van der Waals surface area contributed by atoms with Gasteiger partial charge in [-0.3, -0.25) is 0 Å². The van der Waals surface area contributed by atoms with E-state index in [4.69, 9.17) is 0 Å². The van der Waals surface area contributed by atoms with E-state index in [1.54, 1.807) is 0 Å². The lowest BCUT2D eigenvalue weighted by Gasteiger charge is -2.23. The molecule has 0 spiro atoms. The number of unbranched alkanes of at least 4 members (excludes halogenated alkanes) is 1. The normalized spacial score (nSPS) is 33.0. The van der Waals surface area contributed by atoms with Crippen molar-refractivity contribution in [3.63, 3.8) is 0 Å². The van der Waals surface area contributed by atoms with Gasteiger partial charge in [0.15, 0.2) is 0 Å². The Hall–Kier alpha value is 0.780. The molecule has 2 heteroatoms. The van der Waals surface area contributed by atoms with Crippen LogP contribution in [0.3, 0.4) is 0 Å². The zero-order valence-electron chi connectivity index (χ0n) is 13.0. The van der Waals surface area contributed by atoms with Gasteiger partial charge in [-0.25, -0.2) is 0 Å². The average Bonchev–Trinajstić information content (AvgIpc) is 2.62. The highest BCUT2D eigenvalue weighted by Gasteiger charge is 2.39. The van der Waals surface area contributed by atoms with E-state index in [1.165, 1.54) is 46.6 Å². The summed E-state index contributed by atoms with van der Waals surface area (Å²) < 4.78 is 0. The van der Waals surface area contributed by atoms with Crippen LogP contribution in [0.5, 0.6) is 0 Å². The van der Waals surface area contributed by atoms with E-state index in [2.05, 4.69) is 46.4 Å². The average molecular weight is 288 g/mol. The van der Waals surface area contributed by atoms with Crippen LogP contribution in [0.4, 0.5) is 0 Å². The fourth-order valence-corrected chi connectivity index (χ4v) is 6.67. The third-order valence-electron chi connectivity index (χ3n) is 4.46. The predicted molar refractivity (Wildman–Crippen MR) is 90.5 cm³/mol. The predicted octanol–water partition coefficient (Wildman–Crippen LogP) is 5.66. The quantitative estimate of drug-likeness (QED) is 0.410. The van der Waals surface area contributed by atoms with Gasteiger partial charge in [-0.15, -0.1) is 8.58 Å². The zero-order chi connectivity index (χ0) is 13.5. The Labute approximate surface area is 121 Å². The first-order valence-electron chi connectivity index (χ1n) is 7.96. The first-order chi connectivity index (χ1) is 8.60. The van der Waals surface area contributed by atoms with Crippen molar-refractivity contribution in [2.24, 2.45) is 17.8 Å². The fraction of sp³-hybridized carbons (Fsp3) is 1.00. The van der Waals surface area contributed by atoms with Crippen molar-refractivity contribution < 1.29 is 0 Å². The van der Waals surface area contributed by atoms with E-state index >= 15 is 0 Å². The first kappa shape index (κ1) is 16.8. The molecule has 0 aromatic rings. The summed E-state index contributed by atoms with van der Waals surface area (Å²) in [6.45, 7) is 12.0. The number of hydrogen-bond donors (Lipinski definition) is 0. The minimum absolute atomic E-state index is 0.802. The lowest BCUT2D eigenvalue weighted by atomic mass is 9.90. The van der Waals surface area contributed by atoms with E-state index < -0.39 is 0 Å². The summed E-state index contributed by atoms with van der Waals surface area (Å²) in [5.74, 6) is 3.00. The summed E-state index contributed by atoms with van der Waals surface area (Å²) in [5.41, 5.74) is 0. The van der Waals surface area contributed by atoms with Crippen LogP contribution in [-0.4, -0.2) is 22.8 Å². The molecule has 1 aliphatic rings. The number of rotatable bonds is 8. The molecule has 0 aromatic heterocycles. The minimum Gasteiger partial charge on any atom is -0.155 e. The van der Waals surface area contributed by atoms with Gasteiger partial charge < -0.3 is 0 Å². The highest BCUT2D eigenvalue weighted by molar-refractivity contribution is 8.00. The maximum Gasteiger partial charge on any atom is 0.00808 e. The molecular weight excluding hydrogens is 255 g/mol. The molecule has 1 saturated carbocycles. The van der Waals surface area contributed by atoms with Crippen LogP contribution in [0.2, 0.25) is 0 Å². The zero-order valence-corrected chi connectivity index (χ0v) is 14.9. The topological polar surface area (TPSA) is 0 Å². The van der Waals surface area contributed by atoms with Crippen molar-refractivity contribution in [2.45, 2.75) is 70.8 Å². The molecule has 0 saturated heterocycles. The maximum absolute atomic E-state index is 2.53. The smallest absolute Gasteiger partial charge is 0.00808 e. The molecule has 18 heavy (non-hydrogen) atoms. The van der Waals surface area contributed by atoms with Gasteiger partial charge in [-0.05, 0) is 48.2 Å². The van der Waals surface area contributed by atoms with Crippen molar-refractivity contribution in [3.8, 4) is 0 Å². The molecule has 108 valence electrons. The van der Waals surface area contributed by atoms with E-state index in [0.29, 0.717) is 0 Å². The number of thioether (sulfide) groups is 1. The van der Waals surface area contributed by atoms with Crippen molar-refractivity contribution >= 4 is 20.3 Å². The molecule has 0 heterocycles. The largest absolute Gasteiger partial charge is 0.155 e. The van der Waals surface area contributed by atoms with Crippen LogP contribution >= 0.6 is 20.3 Å². The highest BCUT2D eigenvalue weighted by Crippen LogP contribution is 2.47. The van der Waals surface area contributed by atoms with Crippen molar-refractivity contribution in [2.75, 3.05) is 12.3 Å². The summed E-state index contributed by atoms with van der Waals surface area (Å²) >= 11 is 2.24. The second-order valence-corrected chi connectivity index (χ2v) is 9.44. The van der Waals surface area contributed by atoms with E-state index in [0.717, 1.165) is 28.3 Å². The van der Waals surface area contributed by atoms with Gasteiger partial charge in [0.1, 0.15) is 0 Å². The molecule has 0 amide bonds. The van der Waals surface area contributed by atoms with Gasteiger partial charge in [0.05, 0.1) is 0 Å². The van der Waals surface area contributed by atoms with Gasteiger partial charge in [0.25, 0.3) is 0 Å². The Morgan fingerprint density at radius 3 is 2.56 bits per heavy atom. The molecule has 0 bridgehead atoms. The van der Waals surface area contributed by atoms with Crippen LogP contribution < -0.4 is 0 Å². The Morgan fingerprint density at radius 1 is 1.28 bits per heavy atom. The standard InChI is InChI=1S/C16H33PS/c1-6-8-9-17-11-15-13(5)16(18-12(3)4)10-14(15)7-2/h12-17H,6-11H2,1-5H3/t13-,14?,15-,16-/m0/s1.